The first kappa shape index (κ1) is 19.6. The van der Waals surface area contributed by atoms with Crippen LogP contribution in [-0.2, 0) is 13.0 Å². The fraction of sp³-hybridized carbons (Fsp3) is 0.417. The molecule has 0 aliphatic carbocycles. The van der Waals surface area contributed by atoms with Gasteiger partial charge in [0.25, 0.3) is 0 Å². The van der Waals surface area contributed by atoms with E-state index in [4.69, 9.17) is 21.3 Å². The first-order valence-corrected chi connectivity index (χ1v) is 11.0. The first-order chi connectivity index (χ1) is 14.5. The normalized spacial score (nSPS) is 21.8. The molecule has 3 heterocycles. The Labute approximate surface area is 182 Å². The van der Waals surface area contributed by atoms with Gasteiger partial charge in [-0.15, -0.1) is 0 Å². The Kier molecular flexibility index (Phi) is 5.03. The number of nitrogens with zero attached hydrogens (tertiary/aromatic N) is 4. The van der Waals surface area contributed by atoms with Crippen molar-refractivity contribution in [1.29, 1.82) is 0 Å². The zero-order valence-corrected chi connectivity index (χ0v) is 18.5. The fourth-order valence-corrected chi connectivity index (χ4v) is 5.13. The second-order valence-electron chi connectivity index (χ2n) is 8.66. The number of aromatic nitrogens is 2. The highest BCUT2D eigenvalue weighted by Gasteiger charge is 2.30. The highest BCUT2D eigenvalue weighted by Crippen LogP contribution is 2.35. The van der Waals surface area contributed by atoms with Crippen molar-refractivity contribution in [3.63, 3.8) is 0 Å². The van der Waals surface area contributed by atoms with E-state index in [-0.39, 0.29) is 6.10 Å². The predicted molar refractivity (Wildman–Crippen MR) is 122 cm³/mol. The molecule has 0 bridgehead atoms. The molecule has 0 N–H and O–H groups in total. The predicted octanol–water partition coefficient (Wildman–Crippen LogP) is 4.48. The van der Waals surface area contributed by atoms with Gasteiger partial charge >= 0.3 is 6.01 Å². The number of ether oxygens (including phenoxy) is 1. The van der Waals surface area contributed by atoms with Gasteiger partial charge in [0.2, 0.25) is 0 Å². The quantitative estimate of drug-likeness (QED) is 0.622. The zero-order chi connectivity index (χ0) is 20.8. The van der Waals surface area contributed by atoms with Crippen LogP contribution in [0.1, 0.15) is 23.9 Å². The maximum atomic E-state index is 6.58. The number of hydrogen-bond acceptors (Lipinski definition) is 5. The van der Waals surface area contributed by atoms with Gasteiger partial charge in [0.15, 0.2) is 0 Å². The SMILES string of the molecule is Cc1nc(O[C@@H]2CN(C)C[C@@H]2C)nc2c1CCN(c1cccc3cccc(Cl)c13)C2. The maximum absolute atomic E-state index is 6.58. The lowest BCUT2D eigenvalue weighted by atomic mass is 10.0. The van der Waals surface area contributed by atoms with E-state index in [0.717, 1.165) is 65.5 Å². The minimum Gasteiger partial charge on any atom is -0.458 e. The fourth-order valence-electron chi connectivity index (χ4n) is 4.85. The molecule has 5 nitrogen and oxygen atoms in total. The molecule has 1 aromatic heterocycles. The Bertz CT molecular complexity index is 1100. The summed E-state index contributed by atoms with van der Waals surface area (Å²) in [7, 11) is 2.13. The molecule has 1 fully saturated rings. The van der Waals surface area contributed by atoms with Crippen molar-refractivity contribution in [3.05, 3.63) is 58.4 Å². The van der Waals surface area contributed by atoms with E-state index in [9.17, 15) is 0 Å². The summed E-state index contributed by atoms with van der Waals surface area (Å²) in [4.78, 5) is 14.2. The summed E-state index contributed by atoms with van der Waals surface area (Å²) in [6.07, 6.45) is 1.06. The van der Waals surface area contributed by atoms with Crippen molar-refractivity contribution in [1.82, 2.24) is 14.9 Å². The second-order valence-corrected chi connectivity index (χ2v) is 9.07. The van der Waals surface area contributed by atoms with E-state index < -0.39 is 0 Å². The van der Waals surface area contributed by atoms with Crippen LogP contribution in [0, 0.1) is 12.8 Å². The number of anilines is 1. The highest BCUT2D eigenvalue weighted by atomic mass is 35.5. The van der Waals surface area contributed by atoms with Gasteiger partial charge < -0.3 is 14.5 Å². The Balaban J connectivity index is 1.46. The van der Waals surface area contributed by atoms with Crippen molar-refractivity contribution in [2.75, 3.05) is 31.6 Å². The molecular formula is C24H27ClN4O. The van der Waals surface area contributed by atoms with E-state index >= 15 is 0 Å². The number of likely N-dealkylation sites (N-methyl/N-ethyl adjacent to an activating group) is 1. The molecule has 0 saturated carbocycles. The highest BCUT2D eigenvalue weighted by molar-refractivity contribution is 6.36. The molecule has 0 unspecified atom stereocenters. The molecule has 5 rings (SSSR count). The van der Waals surface area contributed by atoms with Crippen molar-refractivity contribution >= 4 is 28.1 Å². The smallest absolute Gasteiger partial charge is 0.317 e. The van der Waals surface area contributed by atoms with Crippen molar-refractivity contribution in [2.45, 2.75) is 32.9 Å². The van der Waals surface area contributed by atoms with Crippen LogP contribution >= 0.6 is 11.6 Å². The minimum atomic E-state index is 0.143. The van der Waals surface area contributed by atoms with Crippen LogP contribution in [0.15, 0.2) is 36.4 Å². The van der Waals surface area contributed by atoms with E-state index in [2.05, 4.69) is 59.9 Å². The second kappa shape index (κ2) is 7.71. The lowest BCUT2D eigenvalue weighted by Gasteiger charge is -2.32. The lowest BCUT2D eigenvalue weighted by Crippen LogP contribution is -2.33. The number of benzene rings is 2. The Morgan fingerprint density at radius 3 is 2.67 bits per heavy atom. The average molecular weight is 423 g/mol. The number of likely N-dealkylation sites (tertiary alicyclic amines) is 1. The number of hydrogen-bond donors (Lipinski definition) is 0. The molecule has 156 valence electrons. The van der Waals surface area contributed by atoms with E-state index in [1.807, 2.05) is 12.1 Å². The van der Waals surface area contributed by atoms with Crippen LogP contribution in [0.2, 0.25) is 5.02 Å². The Hall–Kier alpha value is -2.37. The summed E-state index contributed by atoms with van der Waals surface area (Å²) < 4.78 is 6.23. The van der Waals surface area contributed by atoms with Gasteiger partial charge in [-0.2, -0.15) is 4.98 Å². The van der Waals surface area contributed by atoms with Crippen LogP contribution in [-0.4, -0.2) is 47.7 Å². The summed E-state index contributed by atoms with van der Waals surface area (Å²) in [6, 6.07) is 12.9. The summed E-state index contributed by atoms with van der Waals surface area (Å²) in [5.41, 5.74) is 4.51. The standard InChI is InChI=1S/C24H27ClN4O/c1-15-12-28(3)14-22(15)30-24-26-16(2)18-10-11-29(13-20(18)27-24)21-9-5-7-17-6-4-8-19(25)23(17)21/h4-9,15,22H,10-14H2,1-3H3/t15-,22+/m0/s1. The molecule has 2 atom stereocenters. The number of halogens is 1. The molecule has 6 heteroatoms. The number of rotatable bonds is 3. The molecule has 2 aliphatic rings. The summed E-state index contributed by atoms with van der Waals surface area (Å²) in [6.45, 7) is 7.92. The molecule has 3 aromatic rings. The van der Waals surface area contributed by atoms with Gasteiger partial charge in [-0.05, 0) is 43.5 Å². The first-order valence-electron chi connectivity index (χ1n) is 10.6. The van der Waals surface area contributed by atoms with Crippen LogP contribution in [0.25, 0.3) is 10.8 Å². The van der Waals surface area contributed by atoms with Crippen molar-refractivity contribution < 1.29 is 4.74 Å². The zero-order valence-electron chi connectivity index (χ0n) is 17.7. The summed E-state index contributed by atoms with van der Waals surface area (Å²) in [5, 5.41) is 3.05. The molecule has 0 radical (unpaired) electrons. The van der Waals surface area contributed by atoms with Gasteiger partial charge in [-0.25, -0.2) is 4.98 Å². The number of aryl methyl sites for hydroxylation is 1. The minimum absolute atomic E-state index is 0.143. The van der Waals surface area contributed by atoms with E-state index in [1.165, 1.54) is 5.56 Å². The molecule has 2 aliphatic heterocycles. The van der Waals surface area contributed by atoms with Crippen LogP contribution < -0.4 is 9.64 Å². The van der Waals surface area contributed by atoms with Crippen LogP contribution in [0.4, 0.5) is 5.69 Å². The van der Waals surface area contributed by atoms with Gasteiger partial charge in [-0.1, -0.05) is 42.8 Å². The Morgan fingerprint density at radius 1 is 1.10 bits per heavy atom. The molecule has 0 spiro atoms. The van der Waals surface area contributed by atoms with E-state index in [1.54, 1.807) is 0 Å². The topological polar surface area (TPSA) is 41.5 Å². The third-order valence-electron chi connectivity index (χ3n) is 6.41. The van der Waals surface area contributed by atoms with Gasteiger partial charge in [0.1, 0.15) is 6.10 Å². The summed E-state index contributed by atoms with van der Waals surface area (Å²) >= 11 is 6.58. The largest absolute Gasteiger partial charge is 0.458 e. The monoisotopic (exact) mass is 422 g/mol. The number of fused-ring (bicyclic) bond motifs is 2. The van der Waals surface area contributed by atoms with Crippen molar-refractivity contribution in [2.24, 2.45) is 5.92 Å². The molecule has 30 heavy (non-hydrogen) atoms. The summed E-state index contributed by atoms with van der Waals surface area (Å²) in [5.74, 6) is 0.476. The van der Waals surface area contributed by atoms with Gasteiger partial charge in [0.05, 0.1) is 17.3 Å². The molecular weight excluding hydrogens is 396 g/mol. The third-order valence-corrected chi connectivity index (χ3v) is 6.72. The average Bonchev–Trinajstić information content (AvgIpc) is 3.04. The molecule has 1 saturated heterocycles. The van der Waals surface area contributed by atoms with E-state index in [0.29, 0.717) is 11.9 Å². The third kappa shape index (κ3) is 3.50. The molecule has 2 aromatic carbocycles. The van der Waals surface area contributed by atoms with Gasteiger partial charge in [0, 0.05) is 42.3 Å². The lowest BCUT2D eigenvalue weighted by molar-refractivity contribution is 0.160. The van der Waals surface area contributed by atoms with Crippen molar-refractivity contribution in [3.8, 4) is 6.01 Å². The van der Waals surface area contributed by atoms with Crippen LogP contribution in [0.3, 0.4) is 0 Å². The maximum Gasteiger partial charge on any atom is 0.317 e. The van der Waals surface area contributed by atoms with Gasteiger partial charge in [-0.3, -0.25) is 0 Å². The van der Waals surface area contributed by atoms with Crippen LogP contribution in [0.5, 0.6) is 6.01 Å². The molecule has 0 amide bonds. The Morgan fingerprint density at radius 2 is 1.90 bits per heavy atom.